The highest BCUT2D eigenvalue weighted by molar-refractivity contribution is 5.97. The van der Waals surface area contributed by atoms with Crippen molar-refractivity contribution in [1.82, 2.24) is 0 Å². The first-order chi connectivity index (χ1) is 5.79. The molecule has 0 aromatic carbocycles. The minimum atomic E-state index is 0.146. The summed E-state index contributed by atoms with van der Waals surface area (Å²) in [5, 5.41) is 9.45. The number of carbonyl (C=O) groups is 1. The highest BCUT2D eigenvalue weighted by Gasteiger charge is 2.29. The van der Waals surface area contributed by atoms with Crippen molar-refractivity contribution < 1.29 is 9.90 Å². The van der Waals surface area contributed by atoms with Crippen molar-refractivity contribution in [2.75, 3.05) is 0 Å². The number of Topliss-reactive ketones (excluding diaryl/α,β-unsaturated/α-hetero) is 1. The number of aliphatic hydroxyl groups is 1. The molecule has 1 atom stereocenters. The van der Waals surface area contributed by atoms with Crippen LogP contribution in [0.25, 0.3) is 0 Å². The molecule has 0 radical (unpaired) electrons. The van der Waals surface area contributed by atoms with Crippen LogP contribution in [0.3, 0.4) is 0 Å². The van der Waals surface area contributed by atoms with Gasteiger partial charge < -0.3 is 5.11 Å². The Balaban J connectivity index is 2.37. The molecule has 64 valence electrons. The molecule has 2 rings (SSSR count). The van der Waals surface area contributed by atoms with Crippen LogP contribution < -0.4 is 0 Å². The first-order valence-corrected chi connectivity index (χ1v) is 4.42. The topological polar surface area (TPSA) is 37.3 Å². The molecule has 2 aliphatic carbocycles. The third-order valence-electron chi connectivity index (χ3n) is 2.64. The number of carbonyl (C=O) groups excluding carboxylic acids is 1. The van der Waals surface area contributed by atoms with Crippen LogP contribution in [0.15, 0.2) is 23.5 Å². The predicted molar refractivity (Wildman–Crippen MR) is 45.8 cm³/mol. The maximum Gasteiger partial charge on any atom is 0.162 e. The molecular weight excluding hydrogens is 152 g/mol. The molecule has 0 bridgehead atoms. The monoisotopic (exact) mass is 164 g/mol. The second kappa shape index (κ2) is 2.77. The van der Waals surface area contributed by atoms with Crippen molar-refractivity contribution >= 4 is 5.78 Å². The molecule has 0 aliphatic heterocycles. The predicted octanol–water partition coefficient (Wildman–Crippen LogP) is 2.13. The molecule has 2 aliphatic rings. The smallest absolute Gasteiger partial charge is 0.162 e. The Bertz CT molecular complexity index is 274. The van der Waals surface area contributed by atoms with E-state index >= 15 is 0 Å². The molecule has 0 heterocycles. The first kappa shape index (κ1) is 7.59. The van der Waals surface area contributed by atoms with E-state index in [1.807, 2.05) is 6.08 Å². The van der Waals surface area contributed by atoms with E-state index in [1.54, 1.807) is 6.08 Å². The van der Waals surface area contributed by atoms with Crippen LogP contribution >= 0.6 is 0 Å². The summed E-state index contributed by atoms with van der Waals surface area (Å²) in [6.45, 7) is 0. The Morgan fingerprint density at radius 2 is 2.33 bits per heavy atom. The summed E-state index contributed by atoms with van der Waals surface area (Å²) in [5.74, 6) is 0.653. The maximum atomic E-state index is 11.4. The molecule has 0 aromatic heterocycles. The second-order valence-corrected chi connectivity index (χ2v) is 3.45. The number of hydrogen-bond donors (Lipinski definition) is 1. The van der Waals surface area contributed by atoms with E-state index in [-0.39, 0.29) is 11.5 Å². The number of fused-ring (bicyclic) bond motifs is 1. The average molecular weight is 164 g/mol. The quantitative estimate of drug-likeness (QED) is 0.595. The van der Waals surface area contributed by atoms with Gasteiger partial charge in [0.1, 0.15) is 5.76 Å². The molecular formula is C10H12O2. The standard InChI is InChI=1S/C10H12O2/c11-8-5-1-3-7-4-2-6-9(12)10(7)8/h1,5,7,11H,2-4,6H2. The Morgan fingerprint density at radius 1 is 1.50 bits per heavy atom. The molecule has 1 unspecified atom stereocenters. The van der Waals surface area contributed by atoms with E-state index in [0.717, 1.165) is 19.3 Å². The lowest BCUT2D eigenvalue weighted by Gasteiger charge is -2.25. The highest BCUT2D eigenvalue weighted by Crippen LogP contribution is 2.34. The van der Waals surface area contributed by atoms with E-state index in [9.17, 15) is 9.90 Å². The molecule has 1 fully saturated rings. The number of aliphatic hydroxyl groups excluding tert-OH is 1. The van der Waals surface area contributed by atoms with Crippen molar-refractivity contribution in [3.8, 4) is 0 Å². The number of hydrogen-bond acceptors (Lipinski definition) is 2. The third-order valence-corrected chi connectivity index (χ3v) is 2.64. The fourth-order valence-electron chi connectivity index (χ4n) is 2.04. The maximum absolute atomic E-state index is 11.4. The van der Waals surface area contributed by atoms with Gasteiger partial charge in [0.25, 0.3) is 0 Å². The summed E-state index contributed by atoms with van der Waals surface area (Å²) < 4.78 is 0. The molecule has 2 heteroatoms. The molecule has 0 amide bonds. The summed E-state index contributed by atoms with van der Waals surface area (Å²) in [5.41, 5.74) is 0.684. The van der Waals surface area contributed by atoms with Crippen molar-refractivity contribution in [1.29, 1.82) is 0 Å². The van der Waals surface area contributed by atoms with Gasteiger partial charge in [-0.2, -0.15) is 0 Å². The van der Waals surface area contributed by atoms with Crippen LogP contribution in [0.2, 0.25) is 0 Å². The zero-order chi connectivity index (χ0) is 8.55. The minimum Gasteiger partial charge on any atom is -0.508 e. The van der Waals surface area contributed by atoms with E-state index in [1.165, 1.54) is 0 Å². The van der Waals surface area contributed by atoms with E-state index < -0.39 is 0 Å². The van der Waals surface area contributed by atoms with Gasteiger partial charge in [-0.05, 0) is 31.3 Å². The largest absolute Gasteiger partial charge is 0.508 e. The normalized spacial score (nSPS) is 29.0. The lowest BCUT2D eigenvalue weighted by molar-refractivity contribution is -0.117. The van der Waals surface area contributed by atoms with E-state index in [0.29, 0.717) is 17.9 Å². The van der Waals surface area contributed by atoms with Crippen LogP contribution in [-0.4, -0.2) is 10.9 Å². The lowest BCUT2D eigenvalue weighted by Crippen LogP contribution is -2.22. The van der Waals surface area contributed by atoms with Gasteiger partial charge in [0.2, 0.25) is 0 Å². The van der Waals surface area contributed by atoms with Crippen molar-refractivity contribution in [2.24, 2.45) is 5.92 Å². The third kappa shape index (κ3) is 1.07. The van der Waals surface area contributed by atoms with Crippen molar-refractivity contribution in [2.45, 2.75) is 25.7 Å². The fourth-order valence-corrected chi connectivity index (χ4v) is 2.04. The molecule has 0 aromatic rings. The lowest BCUT2D eigenvalue weighted by atomic mass is 9.78. The Morgan fingerprint density at radius 3 is 3.08 bits per heavy atom. The minimum absolute atomic E-state index is 0.146. The first-order valence-electron chi connectivity index (χ1n) is 4.42. The summed E-state index contributed by atoms with van der Waals surface area (Å²) in [6.07, 6.45) is 7.16. The highest BCUT2D eigenvalue weighted by atomic mass is 16.3. The van der Waals surface area contributed by atoms with Gasteiger partial charge in [-0.3, -0.25) is 4.79 Å². The Hall–Kier alpha value is -1.05. The second-order valence-electron chi connectivity index (χ2n) is 3.45. The molecule has 12 heavy (non-hydrogen) atoms. The fraction of sp³-hybridized carbons (Fsp3) is 0.500. The van der Waals surface area contributed by atoms with Crippen LogP contribution in [0.5, 0.6) is 0 Å². The molecule has 1 N–H and O–H groups in total. The van der Waals surface area contributed by atoms with Gasteiger partial charge in [0.05, 0.1) is 0 Å². The zero-order valence-electron chi connectivity index (χ0n) is 6.92. The molecule has 1 saturated carbocycles. The zero-order valence-corrected chi connectivity index (χ0v) is 6.92. The van der Waals surface area contributed by atoms with Crippen molar-refractivity contribution in [3.63, 3.8) is 0 Å². The van der Waals surface area contributed by atoms with Crippen LogP contribution in [-0.2, 0) is 4.79 Å². The summed E-state index contributed by atoms with van der Waals surface area (Å²) >= 11 is 0. The van der Waals surface area contributed by atoms with Gasteiger partial charge in [0.15, 0.2) is 5.78 Å². The molecule has 0 saturated heterocycles. The van der Waals surface area contributed by atoms with Gasteiger partial charge in [0, 0.05) is 12.0 Å². The summed E-state index contributed by atoms with van der Waals surface area (Å²) in [6, 6.07) is 0. The van der Waals surface area contributed by atoms with Crippen LogP contribution in [0.1, 0.15) is 25.7 Å². The van der Waals surface area contributed by atoms with Crippen molar-refractivity contribution in [3.05, 3.63) is 23.5 Å². The Kier molecular flexibility index (Phi) is 1.75. The summed E-state index contributed by atoms with van der Waals surface area (Å²) in [4.78, 5) is 11.4. The summed E-state index contributed by atoms with van der Waals surface area (Å²) in [7, 11) is 0. The van der Waals surface area contributed by atoms with Gasteiger partial charge in [-0.1, -0.05) is 6.08 Å². The van der Waals surface area contributed by atoms with E-state index in [2.05, 4.69) is 0 Å². The number of allylic oxidation sites excluding steroid dienone is 3. The molecule has 0 spiro atoms. The van der Waals surface area contributed by atoms with Crippen LogP contribution in [0, 0.1) is 5.92 Å². The van der Waals surface area contributed by atoms with Gasteiger partial charge in [-0.15, -0.1) is 0 Å². The van der Waals surface area contributed by atoms with Gasteiger partial charge in [-0.25, -0.2) is 0 Å². The van der Waals surface area contributed by atoms with E-state index in [4.69, 9.17) is 0 Å². The van der Waals surface area contributed by atoms with Crippen LogP contribution in [0.4, 0.5) is 0 Å². The molecule has 2 nitrogen and oxygen atoms in total. The number of ketones is 1. The van der Waals surface area contributed by atoms with Gasteiger partial charge >= 0.3 is 0 Å². The Labute approximate surface area is 71.6 Å². The average Bonchev–Trinajstić information content (AvgIpc) is 2.04. The SMILES string of the molecule is O=C1CCCC2CC=CC(O)=C12. The number of rotatable bonds is 0.